The summed E-state index contributed by atoms with van der Waals surface area (Å²) in [5, 5.41) is 7.34. The zero-order valence-electron chi connectivity index (χ0n) is 15.6. The molecule has 5 aromatic rings. The first-order valence-electron chi connectivity index (χ1n) is 9.09. The van der Waals surface area contributed by atoms with Crippen molar-refractivity contribution in [3.05, 3.63) is 83.0 Å². The van der Waals surface area contributed by atoms with Crippen molar-refractivity contribution in [3.63, 3.8) is 0 Å². The third-order valence-electron chi connectivity index (χ3n) is 4.73. The third kappa shape index (κ3) is 3.30. The highest BCUT2D eigenvalue weighted by Gasteiger charge is 2.13. The molecule has 0 bridgehead atoms. The van der Waals surface area contributed by atoms with Crippen molar-refractivity contribution < 1.29 is 4.52 Å². The summed E-state index contributed by atoms with van der Waals surface area (Å²) in [5.41, 5.74) is 1.51. The highest BCUT2D eigenvalue weighted by Crippen LogP contribution is 2.25. The Hall–Kier alpha value is -3.45. The number of hydrogen-bond donors (Lipinski definition) is 0. The Morgan fingerprint density at radius 2 is 1.69 bits per heavy atom. The van der Waals surface area contributed by atoms with Crippen LogP contribution in [-0.4, -0.2) is 19.7 Å². The van der Waals surface area contributed by atoms with Gasteiger partial charge in [0.25, 0.3) is 5.56 Å². The van der Waals surface area contributed by atoms with E-state index in [1.807, 2.05) is 66.7 Å². The SMILES string of the molecule is Cn1c(SCc2nc(-c3ccccc3)no2)nc2cc3ccccc3cc2c1=O. The van der Waals surface area contributed by atoms with E-state index in [0.29, 0.717) is 33.5 Å². The van der Waals surface area contributed by atoms with E-state index < -0.39 is 0 Å². The molecule has 0 aliphatic heterocycles. The van der Waals surface area contributed by atoms with E-state index in [1.165, 1.54) is 11.8 Å². The summed E-state index contributed by atoms with van der Waals surface area (Å²) >= 11 is 1.40. The van der Waals surface area contributed by atoms with Crippen molar-refractivity contribution in [3.8, 4) is 11.4 Å². The number of benzene rings is 3. The summed E-state index contributed by atoms with van der Waals surface area (Å²) < 4.78 is 6.92. The lowest BCUT2D eigenvalue weighted by Crippen LogP contribution is -2.20. The second-order valence-electron chi connectivity index (χ2n) is 6.64. The van der Waals surface area contributed by atoms with Crippen molar-refractivity contribution in [2.45, 2.75) is 10.9 Å². The van der Waals surface area contributed by atoms with Crippen LogP contribution in [0.1, 0.15) is 5.89 Å². The second kappa shape index (κ2) is 7.18. The van der Waals surface area contributed by atoms with Gasteiger partial charge in [-0.2, -0.15) is 4.98 Å². The first-order chi connectivity index (χ1) is 14.2. The van der Waals surface area contributed by atoms with E-state index in [4.69, 9.17) is 9.51 Å². The molecule has 0 amide bonds. The van der Waals surface area contributed by atoms with Gasteiger partial charge in [-0.05, 0) is 22.9 Å². The van der Waals surface area contributed by atoms with Crippen LogP contribution < -0.4 is 5.56 Å². The van der Waals surface area contributed by atoms with E-state index in [0.717, 1.165) is 16.3 Å². The Bertz CT molecular complexity index is 1390. The molecule has 7 heteroatoms. The predicted octanol–water partition coefficient (Wildman–Crippen LogP) is 4.43. The molecule has 0 radical (unpaired) electrons. The maximum absolute atomic E-state index is 12.9. The Morgan fingerprint density at radius 1 is 0.966 bits per heavy atom. The van der Waals surface area contributed by atoms with E-state index in [9.17, 15) is 4.79 Å². The lowest BCUT2D eigenvalue weighted by molar-refractivity contribution is 0.391. The molecule has 0 spiro atoms. The van der Waals surface area contributed by atoms with Gasteiger partial charge in [0.15, 0.2) is 5.16 Å². The topological polar surface area (TPSA) is 73.8 Å². The van der Waals surface area contributed by atoms with Crippen LogP contribution in [0.5, 0.6) is 0 Å². The lowest BCUT2D eigenvalue weighted by Gasteiger charge is -2.08. The quantitative estimate of drug-likeness (QED) is 0.252. The van der Waals surface area contributed by atoms with E-state index in [-0.39, 0.29) is 5.56 Å². The van der Waals surface area contributed by atoms with Crippen molar-refractivity contribution in [1.82, 2.24) is 19.7 Å². The predicted molar refractivity (Wildman–Crippen MR) is 114 cm³/mol. The monoisotopic (exact) mass is 400 g/mol. The van der Waals surface area contributed by atoms with Crippen LogP contribution in [0.3, 0.4) is 0 Å². The number of nitrogens with zero attached hydrogens (tertiary/aromatic N) is 4. The van der Waals surface area contributed by atoms with Crippen LogP contribution in [0.25, 0.3) is 33.1 Å². The van der Waals surface area contributed by atoms with Crippen molar-refractivity contribution in [1.29, 1.82) is 0 Å². The third-order valence-corrected chi connectivity index (χ3v) is 5.74. The number of fused-ring (bicyclic) bond motifs is 2. The normalized spacial score (nSPS) is 11.3. The van der Waals surface area contributed by atoms with E-state index in [1.54, 1.807) is 11.6 Å². The fourth-order valence-electron chi connectivity index (χ4n) is 3.21. The summed E-state index contributed by atoms with van der Waals surface area (Å²) in [4.78, 5) is 22.0. The van der Waals surface area contributed by atoms with Crippen LogP contribution in [-0.2, 0) is 12.8 Å². The highest BCUT2D eigenvalue weighted by molar-refractivity contribution is 7.98. The molecule has 3 aromatic carbocycles. The fourth-order valence-corrected chi connectivity index (χ4v) is 4.02. The van der Waals surface area contributed by atoms with Crippen LogP contribution in [0, 0.1) is 0 Å². The molecule has 142 valence electrons. The van der Waals surface area contributed by atoms with Gasteiger partial charge in [-0.3, -0.25) is 9.36 Å². The van der Waals surface area contributed by atoms with Crippen molar-refractivity contribution >= 4 is 33.4 Å². The Labute approximate surface area is 170 Å². The molecule has 5 rings (SSSR count). The van der Waals surface area contributed by atoms with Gasteiger partial charge in [0.2, 0.25) is 11.7 Å². The molecule has 2 heterocycles. The van der Waals surface area contributed by atoms with Gasteiger partial charge in [0.05, 0.1) is 16.7 Å². The molecule has 0 atom stereocenters. The summed E-state index contributed by atoms with van der Waals surface area (Å²) in [6.45, 7) is 0. The Balaban J connectivity index is 1.46. The molecule has 0 fully saturated rings. The minimum Gasteiger partial charge on any atom is -0.338 e. The molecule has 0 N–H and O–H groups in total. The van der Waals surface area contributed by atoms with Gasteiger partial charge in [-0.15, -0.1) is 0 Å². The molecule has 0 aliphatic rings. The zero-order chi connectivity index (χ0) is 19.8. The van der Waals surface area contributed by atoms with Crippen LogP contribution in [0.2, 0.25) is 0 Å². The summed E-state index contributed by atoms with van der Waals surface area (Å²) in [6, 6.07) is 21.5. The van der Waals surface area contributed by atoms with Crippen molar-refractivity contribution in [2.24, 2.45) is 7.05 Å². The van der Waals surface area contributed by atoms with Crippen LogP contribution >= 0.6 is 11.8 Å². The molecular formula is C22H16N4O2S. The first kappa shape index (κ1) is 17.6. The second-order valence-corrected chi connectivity index (χ2v) is 7.58. The van der Waals surface area contributed by atoms with Gasteiger partial charge >= 0.3 is 0 Å². The molecular weight excluding hydrogens is 384 g/mol. The number of thioether (sulfide) groups is 1. The average molecular weight is 400 g/mol. The Morgan fingerprint density at radius 3 is 2.48 bits per heavy atom. The molecule has 0 saturated carbocycles. The first-order valence-corrected chi connectivity index (χ1v) is 10.1. The van der Waals surface area contributed by atoms with Crippen molar-refractivity contribution in [2.75, 3.05) is 0 Å². The summed E-state index contributed by atoms with van der Waals surface area (Å²) in [6.07, 6.45) is 0. The largest absolute Gasteiger partial charge is 0.338 e. The minimum atomic E-state index is -0.0706. The molecule has 29 heavy (non-hydrogen) atoms. The summed E-state index contributed by atoms with van der Waals surface area (Å²) in [5.74, 6) is 1.47. The van der Waals surface area contributed by atoms with Gasteiger partial charge < -0.3 is 4.52 Å². The smallest absolute Gasteiger partial charge is 0.261 e. The van der Waals surface area contributed by atoms with Gasteiger partial charge in [-0.1, -0.05) is 71.5 Å². The molecule has 0 unspecified atom stereocenters. The summed E-state index contributed by atoms with van der Waals surface area (Å²) in [7, 11) is 1.73. The number of rotatable bonds is 4. The fraction of sp³-hybridized carbons (Fsp3) is 0.0909. The number of hydrogen-bond acceptors (Lipinski definition) is 6. The highest BCUT2D eigenvalue weighted by atomic mass is 32.2. The maximum atomic E-state index is 12.9. The van der Waals surface area contributed by atoms with E-state index >= 15 is 0 Å². The van der Waals surface area contributed by atoms with Gasteiger partial charge in [0, 0.05) is 12.6 Å². The van der Waals surface area contributed by atoms with Gasteiger partial charge in [-0.25, -0.2) is 4.98 Å². The maximum Gasteiger partial charge on any atom is 0.261 e. The minimum absolute atomic E-state index is 0.0706. The Kier molecular flexibility index (Phi) is 4.37. The standard InChI is InChI=1S/C22H16N4O2S/c1-26-21(27)17-11-15-9-5-6-10-16(15)12-18(17)23-22(26)29-13-19-24-20(25-28-19)14-7-3-2-4-8-14/h2-12H,13H2,1H3. The van der Waals surface area contributed by atoms with Crippen LogP contribution in [0.15, 0.2) is 81.2 Å². The zero-order valence-corrected chi connectivity index (χ0v) is 16.4. The number of aromatic nitrogens is 4. The molecule has 0 aliphatic carbocycles. The molecule has 2 aromatic heterocycles. The van der Waals surface area contributed by atoms with Crippen LogP contribution in [0.4, 0.5) is 0 Å². The lowest BCUT2D eigenvalue weighted by atomic mass is 10.1. The van der Waals surface area contributed by atoms with E-state index in [2.05, 4.69) is 10.1 Å². The van der Waals surface area contributed by atoms with Gasteiger partial charge in [0.1, 0.15) is 0 Å². The molecule has 0 saturated heterocycles. The average Bonchev–Trinajstić information content (AvgIpc) is 3.24. The molecule has 6 nitrogen and oxygen atoms in total.